The van der Waals surface area contributed by atoms with Crippen LogP contribution >= 0.6 is 23.4 Å². The van der Waals surface area contributed by atoms with Gasteiger partial charge in [0, 0.05) is 10.8 Å². The number of unbranched alkanes of at least 4 members (excludes halogenated alkanes) is 1. The monoisotopic (exact) mass is 403 g/mol. The number of benzene rings is 1. The number of carbonyl (C=O) groups excluding carboxylic acids is 2. The predicted octanol–water partition coefficient (Wildman–Crippen LogP) is 5.68. The second-order valence-corrected chi connectivity index (χ2v) is 7.97. The van der Waals surface area contributed by atoms with Gasteiger partial charge >= 0.3 is 5.97 Å². The normalized spacial score (nSPS) is 12.1. The van der Waals surface area contributed by atoms with Gasteiger partial charge in [-0.25, -0.2) is 4.39 Å². The first kappa shape index (κ1) is 22.8. The molecule has 0 spiro atoms. The van der Waals surface area contributed by atoms with Crippen LogP contribution in [-0.2, 0) is 14.3 Å². The first-order chi connectivity index (χ1) is 12.3. The van der Waals surface area contributed by atoms with Gasteiger partial charge < -0.3 is 10.1 Å². The van der Waals surface area contributed by atoms with Gasteiger partial charge in [0.2, 0.25) is 5.91 Å². The molecule has 0 radical (unpaired) electrons. The van der Waals surface area contributed by atoms with Crippen LogP contribution in [0.25, 0.3) is 0 Å². The second-order valence-electron chi connectivity index (χ2n) is 6.32. The largest absolute Gasteiger partial charge is 0.465 e. The number of amides is 1. The molecule has 0 bridgehead atoms. The molecule has 1 atom stereocenters. The second kappa shape index (κ2) is 11.4. The Kier molecular flexibility index (Phi) is 10.0. The maximum Gasteiger partial charge on any atom is 0.319 e. The Morgan fingerprint density at radius 1 is 1.27 bits per heavy atom. The van der Waals surface area contributed by atoms with Crippen LogP contribution in [0.2, 0.25) is 5.02 Å². The molecule has 0 saturated carbocycles. The third kappa shape index (κ3) is 7.16. The molecule has 0 aliphatic rings. The van der Waals surface area contributed by atoms with Crippen LogP contribution in [0.4, 0.5) is 10.1 Å². The van der Waals surface area contributed by atoms with E-state index in [1.54, 1.807) is 13.8 Å². The number of hydrogen-bond donors (Lipinski definition) is 1. The van der Waals surface area contributed by atoms with Gasteiger partial charge in [-0.15, -0.1) is 11.8 Å². The molecule has 0 aliphatic heterocycles. The smallest absolute Gasteiger partial charge is 0.319 e. The molecule has 1 N–H and O–H groups in total. The van der Waals surface area contributed by atoms with E-state index in [4.69, 9.17) is 16.3 Å². The summed E-state index contributed by atoms with van der Waals surface area (Å²) in [5, 5.41) is 2.33. The Balaban J connectivity index is 2.96. The van der Waals surface area contributed by atoms with Gasteiger partial charge in [0.05, 0.1) is 17.3 Å². The van der Waals surface area contributed by atoms with Gasteiger partial charge in [-0.05, 0) is 25.0 Å². The van der Waals surface area contributed by atoms with Crippen molar-refractivity contribution in [1.29, 1.82) is 0 Å². The van der Waals surface area contributed by atoms with Crippen LogP contribution < -0.4 is 5.32 Å². The van der Waals surface area contributed by atoms with Crippen LogP contribution in [0, 0.1) is 11.7 Å². The van der Waals surface area contributed by atoms with Crippen LogP contribution in [0.15, 0.2) is 17.0 Å². The molecule has 0 saturated heterocycles. The summed E-state index contributed by atoms with van der Waals surface area (Å²) in [5.41, 5.74) is 0.0604. The molecule has 1 aromatic carbocycles. The van der Waals surface area contributed by atoms with Crippen molar-refractivity contribution in [2.45, 2.75) is 63.5 Å². The molecule has 1 aromatic rings. The van der Waals surface area contributed by atoms with Crippen LogP contribution in [-0.4, -0.2) is 23.7 Å². The molecule has 0 heterocycles. The number of rotatable bonds is 10. The summed E-state index contributed by atoms with van der Waals surface area (Å²) in [6.45, 7) is 7.85. The van der Waals surface area contributed by atoms with E-state index >= 15 is 0 Å². The van der Waals surface area contributed by atoms with E-state index in [1.807, 2.05) is 13.8 Å². The van der Waals surface area contributed by atoms with Gasteiger partial charge in [0.15, 0.2) is 0 Å². The molecular weight excluding hydrogens is 377 g/mol. The maximum atomic E-state index is 14.1. The first-order valence-electron chi connectivity index (χ1n) is 8.93. The Hall–Kier alpha value is -1.27. The summed E-state index contributed by atoms with van der Waals surface area (Å²) in [5.74, 6) is -1.46. The summed E-state index contributed by atoms with van der Waals surface area (Å²) >= 11 is 7.39. The van der Waals surface area contributed by atoms with Crippen molar-refractivity contribution in [2.24, 2.45) is 5.92 Å². The molecule has 4 nitrogen and oxygen atoms in total. The van der Waals surface area contributed by atoms with Crippen LogP contribution in [0.1, 0.15) is 53.4 Å². The lowest BCUT2D eigenvalue weighted by Gasteiger charge is -2.17. The van der Waals surface area contributed by atoms with Crippen molar-refractivity contribution in [3.05, 3.63) is 23.0 Å². The Morgan fingerprint density at radius 2 is 1.96 bits per heavy atom. The minimum Gasteiger partial charge on any atom is -0.465 e. The average Bonchev–Trinajstić information content (AvgIpc) is 2.58. The van der Waals surface area contributed by atoms with Crippen molar-refractivity contribution >= 4 is 40.9 Å². The number of ether oxygens (including phenoxy) is 1. The van der Waals surface area contributed by atoms with Gasteiger partial charge in [0.1, 0.15) is 11.1 Å². The molecule has 26 heavy (non-hydrogen) atoms. The van der Waals surface area contributed by atoms with E-state index in [9.17, 15) is 14.0 Å². The Morgan fingerprint density at radius 3 is 2.54 bits per heavy atom. The van der Waals surface area contributed by atoms with E-state index in [0.29, 0.717) is 17.9 Å². The zero-order valence-corrected chi connectivity index (χ0v) is 17.3. The average molecular weight is 404 g/mol. The van der Waals surface area contributed by atoms with E-state index in [1.165, 1.54) is 17.8 Å². The number of thioether (sulfide) groups is 1. The summed E-state index contributed by atoms with van der Waals surface area (Å²) in [7, 11) is 0. The highest BCUT2D eigenvalue weighted by atomic mass is 35.5. The highest BCUT2D eigenvalue weighted by molar-refractivity contribution is 8.00. The quantitative estimate of drug-likeness (QED) is 0.310. The molecule has 1 amide bonds. The van der Waals surface area contributed by atoms with E-state index in [0.717, 1.165) is 25.3 Å². The molecule has 0 aromatic heterocycles. The summed E-state index contributed by atoms with van der Waals surface area (Å²) in [6.07, 6.45) is 3.19. The molecule has 0 fully saturated rings. The van der Waals surface area contributed by atoms with Crippen molar-refractivity contribution in [3.8, 4) is 0 Å². The fraction of sp³-hybridized carbons (Fsp3) is 0.579. The molecule has 1 unspecified atom stereocenters. The fourth-order valence-electron chi connectivity index (χ4n) is 2.04. The highest BCUT2D eigenvalue weighted by Crippen LogP contribution is 2.36. The number of hydrogen-bond acceptors (Lipinski definition) is 4. The summed E-state index contributed by atoms with van der Waals surface area (Å²) in [4.78, 5) is 24.7. The van der Waals surface area contributed by atoms with Crippen molar-refractivity contribution < 1.29 is 18.7 Å². The SMILES string of the molecule is CCCCOC(=O)C(CCC)Sc1cc(NC(=O)C(C)C)c(F)cc1Cl. The standard InChI is InChI=1S/C19H27ClFNO3S/c1-5-7-9-25-19(24)16(8-6-2)26-17-11-15(14(21)10-13(17)20)22-18(23)12(3)4/h10-12,16H,5-9H2,1-4H3,(H,22,23). The minimum absolute atomic E-state index is 0.0604. The van der Waals surface area contributed by atoms with Crippen molar-refractivity contribution in [2.75, 3.05) is 11.9 Å². The summed E-state index contributed by atoms with van der Waals surface area (Å²) in [6, 6.07) is 2.63. The number of carbonyl (C=O) groups is 2. The fourth-order valence-corrected chi connectivity index (χ4v) is 3.51. The van der Waals surface area contributed by atoms with Gasteiger partial charge in [-0.3, -0.25) is 9.59 Å². The third-order valence-electron chi connectivity index (χ3n) is 3.63. The summed E-state index contributed by atoms with van der Waals surface area (Å²) < 4.78 is 19.4. The molecule has 146 valence electrons. The van der Waals surface area contributed by atoms with Crippen molar-refractivity contribution in [1.82, 2.24) is 0 Å². The van der Waals surface area contributed by atoms with E-state index < -0.39 is 11.1 Å². The number of nitrogens with one attached hydrogen (secondary N) is 1. The van der Waals surface area contributed by atoms with Gasteiger partial charge in [0.25, 0.3) is 0 Å². The maximum absolute atomic E-state index is 14.1. The molecular formula is C19H27ClFNO3S. The van der Waals surface area contributed by atoms with Gasteiger partial charge in [-0.1, -0.05) is 52.1 Å². The van der Waals surface area contributed by atoms with Crippen LogP contribution in [0.3, 0.4) is 0 Å². The van der Waals surface area contributed by atoms with Crippen LogP contribution in [0.5, 0.6) is 0 Å². The zero-order chi connectivity index (χ0) is 19.7. The first-order valence-corrected chi connectivity index (χ1v) is 10.2. The van der Waals surface area contributed by atoms with E-state index in [2.05, 4.69) is 5.32 Å². The topological polar surface area (TPSA) is 55.4 Å². The highest BCUT2D eigenvalue weighted by Gasteiger charge is 2.23. The number of anilines is 1. The lowest BCUT2D eigenvalue weighted by molar-refractivity contribution is -0.143. The molecule has 1 rings (SSSR count). The third-order valence-corrected chi connectivity index (χ3v) is 5.36. The molecule has 0 aliphatic carbocycles. The van der Waals surface area contributed by atoms with E-state index in [-0.39, 0.29) is 28.5 Å². The lowest BCUT2D eigenvalue weighted by atomic mass is 10.2. The predicted molar refractivity (Wildman–Crippen MR) is 105 cm³/mol. The number of esters is 1. The number of halogens is 2. The van der Waals surface area contributed by atoms with Gasteiger partial charge in [-0.2, -0.15) is 0 Å². The Bertz CT molecular complexity index is 625. The van der Waals surface area contributed by atoms with Crippen molar-refractivity contribution in [3.63, 3.8) is 0 Å². The zero-order valence-electron chi connectivity index (χ0n) is 15.7. The molecule has 7 heteroatoms. The Labute approximate surface area is 164 Å². The minimum atomic E-state index is -0.606. The lowest BCUT2D eigenvalue weighted by Crippen LogP contribution is -2.21.